The third-order valence-corrected chi connectivity index (χ3v) is 6.76. The van der Waals surface area contributed by atoms with E-state index >= 15 is 0 Å². The smallest absolute Gasteiger partial charge is 0.243 e. The molecule has 3 aromatic rings. The maximum Gasteiger partial charge on any atom is 0.243 e. The van der Waals surface area contributed by atoms with Gasteiger partial charge in [-0.2, -0.15) is 4.31 Å². The number of methoxy groups -OCH3 is 1. The van der Waals surface area contributed by atoms with Gasteiger partial charge in [0.15, 0.2) is 17.9 Å². The zero-order valence-corrected chi connectivity index (χ0v) is 16.6. The van der Waals surface area contributed by atoms with Crippen LogP contribution in [0.15, 0.2) is 41.3 Å². The van der Waals surface area contributed by atoms with Crippen molar-refractivity contribution in [3.8, 4) is 17.0 Å². The summed E-state index contributed by atoms with van der Waals surface area (Å²) in [6.45, 7) is 4.23. The van der Waals surface area contributed by atoms with Gasteiger partial charge in [-0.15, -0.1) is 0 Å². The minimum atomic E-state index is -3.66. The number of aromatic amines is 1. The van der Waals surface area contributed by atoms with Crippen molar-refractivity contribution in [1.29, 1.82) is 0 Å². The minimum Gasteiger partial charge on any atom is -0.494 e. The van der Waals surface area contributed by atoms with Crippen LogP contribution in [0.5, 0.6) is 5.75 Å². The lowest BCUT2D eigenvalue weighted by molar-refractivity contribution is 0.112. The fourth-order valence-corrected chi connectivity index (χ4v) is 4.72. The number of fused-ring (bicyclic) bond motifs is 1. The standard InChI is InChI=1S/C20H21FN2O4S/c1-4-23(5-2)28(25,26)14-7-8-18-15(11-14)16(12-24)20(22-18)13-6-9-19(27-3)17(21)10-13/h6-12,22H,4-5H2,1-3H3. The molecule has 0 aliphatic carbocycles. The average Bonchev–Trinajstić information content (AvgIpc) is 3.06. The third kappa shape index (κ3) is 3.29. The SMILES string of the molecule is CCN(CC)S(=O)(=O)c1ccc2[nH]c(-c3ccc(OC)c(F)c3)c(C=O)c2c1. The second kappa shape index (κ2) is 7.73. The molecule has 0 aliphatic heterocycles. The number of sulfonamides is 1. The molecule has 0 radical (unpaired) electrons. The summed E-state index contributed by atoms with van der Waals surface area (Å²) in [7, 11) is -2.29. The first-order valence-corrected chi connectivity index (χ1v) is 10.3. The molecule has 0 saturated heterocycles. The van der Waals surface area contributed by atoms with E-state index in [-0.39, 0.29) is 16.2 Å². The number of nitrogens with one attached hydrogen (secondary N) is 1. The second-order valence-corrected chi connectivity index (χ2v) is 8.12. The summed E-state index contributed by atoms with van der Waals surface area (Å²) in [5.41, 5.74) is 1.75. The molecule has 0 fully saturated rings. The molecule has 28 heavy (non-hydrogen) atoms. The van der Waals surface area contributed by atoms with E-state index in [0.717, 1.165) is 0 Å². The monoisotopic (exact) mass is 404 g/mol. The van der Waals surface area contributed by atoms with Crippen molar-refractivity contribution in [1.82, 2.24) is 9.29 Å². The molecular formula is C20H21FN2O4S. The van der Waals surface area contributed by atoms with Gasteiger partial charge in [-0.3, -0.25) is 4.79 Å². The fourth-order valence-electron chi connectivity index (χ4n) is 3.24. The first kappa shape index (κ1) is 20.0. The Morgan fingerprint density at radius 3 is 2.43 bits per heavy atom. The van der Waals surface area contributed by atoms with Gasteiger partial charge in [0.05, 0.1) is 17.7 Å². The number of H-pyrrole nitrogens is 1. The molecule has 0 saturated carbocycles. The van der Waals surface area contributed by atoms with E-state index < -0.39 is 15.8 Å². The molecule has 0 amide bonds. The van der Waals surface area contributed by atoms with Gasteiger partial charge in [-0.05, 0) is 36.4 Å². The normalized spacial score (nSPS) is 11.9. The number of hydrogen-bond acceptors (Lipinski definition) is 4. The molecule has 2 aromatic carbocycles. The second-order valence-electron chi connectivity index (χ2n) is 6.18. The predicted molar refractivity (Wildman–Crippen MR) is 106 cm³/mol. The van der Waals surface area contributed by atoms with Crippen LogP contribution in [0.2, 0.25) is 0 Å². The van der Waals surface area contributed by atoms with Gasteiger partial charge in [0.1, 0.15) is 0 Å². The lowest BCUT2D eigenvalue weighted by Crippen LogP contribution is -2.30. The number of benzene rings is 2. The summed E-state index contributed by atoms with van der Waals surface area (Å²) in [5.74, 6) is -0.458. The van der Waals surface area contributed by atoms with Crippen molar-refractivity contribution in [2.45, 2.75) is 18.7 Å². The number of ether oxygens (including phenoxy) is 1. The summed E-state index contributed by atoms with van der Waals surface area (Å²) in [4.78, 5) is 15.0. The van der Waals surface area contributed by atoms with Crippen LogP contribution in [-0.4, -0.2) is 44.2 Å². The molecule has 3 rings (SSSR count). The maximum absolute atomic E-state index is 14.1. The molecule has 0 bridgehead atoms. The molecule has 148 valence electrons. The van der Waals surface area contributed by atoms with Crippen molar-refractivity contribution in [3.05, 3.63) is 47.8 Å². The van der Waals surface area contributed by atoms with Crippen LogP contribution >= 0.6 is 0 Å². The molecule has 0 atom stereocenters. The first-order chi connectivity index (χ1) is 13.4. The average molecular weight is 404 g/mol. The molecule has 1 heterocycles. The number of rotatable bonds is 7. The largest absolute Gasteiger partial charge is 0.494 e. The van der Waals surface area contributed by atoms with Crippen LogP contribution in [0.1, 0.15) is 24.2 Å². The lowest BCUT2D eigenvalue weighted by Gasteiger charge is -2.18. The van der Waals surface area contributed by atoms with Crippen molar-refractivity contribution < 1.29 is 22.3 Å². The lowest BCUT2D eigenvalue weighted by atomic mass is 10.1. The highest BCUT2D eigenvalue weighted by atomic mass is 32.2. The zero-order chi connectivity index (χ0) is 20.5. The quantitative estimate of drug-likeness (QED) is 0.607. The Hall–Kier alpha value is -2.71. The Bertz CT molecular complexity index is 1130. The van der Waals surface area contributed by atoms with E-state index in [9.17, 15) is 17.6 Å². The van der Waals surface area contributed by atoms with E-state index in [1.807, 2.05) is 0 Å². The van der Waals surface area contributed by atoms with E-state index in [2.05, 4.69) is 4.98 Å². The topological polar surface area (TPSA) is 79.5 Å². The molecule has 0 aliphatic rings. The molecular weight excluding hydrogens is 383 g/mol. The highest BCUT2D eigenvalue weighted by Crippen LogP contribution is 2.33. The van der Waals surface area contributed by atoms with Gasteiger partial charge in [-0.25, -0.2) is 12.8 Å². The predicted octanol–water partition coefficient (Wildman–Crippen LogP) is 3.83. The Morgan fingerprint density at radius 2 is 1.86 bits per heavy atom. The number of aromatic nitrogens is 1. The molecule has 0 unspecified atom stereocenters. The van der Waals surface area contributed by atoms with Crippen molar-refractivity contribution >= 4 is 27.2 Å². The van der Waals surface area contributed by atoms with Crippen LogP contribution in [0, 0.1) is 5.82 Å². The van der Waals surface area contributed by atoms with Gasteiger partial charge in [-0.1, -0.05) is 13.8 Å². The Balaban J connectivity index is 2.18. The van der Waals surface area contributed by atoms with Gasteiger partial charge < -0.3 is 9.72 Å². The summed E-state index contributed by atoms with van der Waals surface area (Å²) in [5, 5.41) is 0.467. The summed E-state index contributed by atoms with van der Waals surface area (Å²) in [6.07, 6.45) is 0.643. The van der Waals surface area contributed by atoms with Crippen LogP contribution in [0.25, 0.3) is 22.2 Å². The van der Waals surface area contributed by atoms with E-state index in [0.29, 0.717) is 41.5 Å². The Morgan fingerprint density at radius 1 is 1.14 bits per heavy atom. The van der Waals surface area contributed by atoms with Gasteiger partial charge in [0.25, 0.3) is 0 Å². The Kier molecular flexibility index (Phi) is 5.53. The number of halogens is 1. The molecule has 0 spiro atoms. The minimum absolute atomic E-state index is 0.0973. The van der Waals surface area contributed by atoms with Crippen LogP contribution < -0.4 is 4.74 Å². The number of carbonyl (C=O) groups excluding carboxylic acids is 1. The van der Waals surface area contributed by atoms with E-state index in [1.165, 1.54) is 35.7 Å². The summed E-state index contributed by atoms with van der Waals surface area (Å²) < 4.78 is 46.0. The maximum atomic E-state index is 14.1. The van der Waals surface area contributed by atoms with Gasteiger partial charge >= 0.3 is 0 Å². The molecule has 6 nitrogen and oxygen atoms in total. The van der Waals surface area contributed by atoms with Crippen molar-refractivity contribution in [2.24, 2.45) is 0 Å². The summed E-state index contributed by atoms with van der Waals surface area (Å²) in [6, 6.07) is 8.96. The van der Waals surface area contributed by atoms with Gasteiger partial charge in [0.2, 0.25) is 10.0 Å². The van der Waals surface area contributed by atoms with Crippen molar-refractivity contribution in [3.63, 3.8) is 0 Å². The number of carbonyl (C=O) groups is 1. The first-order valence-electron chi connectivity index (χ1n) is 8.82. The van der Waals surface area contributed by atoms with Crippen LogP contribution in [-0.2, 0) is 10.0 Å². The number of nitrogens with zero attached hydrogens (tertiary/aromatic N) is 1. The molecule has 1 N–H and O–H groups in total. The van der Waals surface area contributed by atoms with Gasteiger partial charge in [0, 0.05) is 35.1 Å². The van der Waals surface area contributed by atoms with Crippen molar-refractivity contribution in [2.75, 3.05) is 20.2 Å². The van der Waals surface area contributed by atoms with Crippen LogP contribution in [0.4, 0.5) is 4.39 Å². The Labute approximate surface area is 163 Å². The molecule has 1 aromatic heterocycles. The van der Waals surface area contributed by atoms with E-state index in [4.69, 9.17) is 4.74 Å². The fraction of sp³-hybridized carbons (Fsp3) is 0.250. The number of aldehydes is 1. The highest BCUT2D eigenvalue weighted by Gasteiger charge is 2.23. The number of hydrogen-bond donors (Lipinski definition) is 1. The third-order valence-electron chi connectivity index (χ3n) is 4.71. The summed E-state index contributed by atoms with van der Waals surface area (Å²) >= 11 is 0. The van der Waals surface area contributed by atoms with Crippen LogP contribution in [0.3, 0.4) is 0 Å². The zero-order valence-electron chi connectivity index (χ0n) is 15.8. The van der Waals surface area contributed by atoms with E-state index in [1.54, 1.807) is 26.0 Å². The molecule has 8 heteroatoms. The highest BCUT2D eigenvalue weighted by molar-refractivity contribution is 7.89.